The summed E-state index contributed by atoms with van der Waals surface area (Å²) in [5, 5.41) is 6.73. The molecule has 0 radical (unpaired) electrons. The van der Waals surface area contributed by atoms with Crippen molar-refractivity contribution in [3.8, 4) is 0 Å². The molecule has 0 aliphatic carbocycles. The van der Waals surface area contributed by atoms with Crippen LogP contribution < -0.4 is 5.32 Å². The van der Waals surface area contributed by atoms with Gasteiger partial charge in [-0.2, -0.15) is 4.98 Å². The highest BCUT2D eigenvalue weighted by Gasteiger charge is 1.97. The Morgan fingerprint density at radius 2 is 2.27 bits per heavy atom. The van der Waals surface area contributed by atoms with Crippen LogP contribution in [0.4, 0.5) is 0 Å². The van der Waals surface area contributed by atoms with E-state index in [-0.39, 0.29) is 0 Å². The molecule has 1 rings (SSSR count). The maximum atomic E-state index is 5.27. The van der Waals surface area contributed by atoms with Crippen molar-refractivity contribution < 1.29 is 14.0 Å². The highest BCUT2D eigenvalue weighted by atomic mass is 16.5. The largest absolute Gasteiger partial charge is 0.382 e. The molecule has 0 saturated heterocycles. The molecule has 0 atom stereocenters. The van der Waals surface area contributed by atoms with Crippen molar-refractivity contribution in [3.63, 3.8) is 0 Å². The Bertz CT molecular complexity index is 229. The van der Waals surface area contributed by atoms with Gasteiger partial charge in [-0.3, -0.25) is 0 Å². The number of nitrogens with zero attached hydrogens (tertiary/aromatic N) is 2. The zero-order chi connectivity index (χ0) is 10.8. The standard InChI is InChI=1S/C9H17N3O3/c1-13-6-7-14-5-4-10-3-2-9-11-8-12-15-9/h8,10H,2-7H2,1H3. The lowest BCUT2D eigenvalue weighted by Crippen LogP contribution is -2.23. The molecule has 0 fully saturated rings. The second-order valence-electron chi connectivity index (χ2n) is 2.94. The van der Waals surface area contributed by atoms with Gasteiger partial charge in [0.05, 0.1) is 19.8 Å². The van der Waals surface area contributed by atoms with Crippen molar-refractivity contribution >= 4 is 0 Å². The number of ether oxygens (including phenoxy) is 2. The Balaban J connectivity index is 1.81. The lowest BCUT2D eigenvalue weighted by atomic mass is 10.4. The molecular weight excluding hydrogens is 198 g/mol. The van der Waals surface area contributed by atoms with Gasteiger partial charge in [-0.15, -0.1) is 0 Å². The third-order valence-corrected chi connectivity index (χ3v) is 1.78. The first kappa shape index (κ1) is 12.1. The van der Waals surface area contributed by atoms with Crippen LogP contribution >= 0.6 is 0 Å². The third kappa shape index (κ3) is 6.16. The summed E-state index contributed by atoms with van der Waals surface area (Å²) in [6, 6.07) is 0. The number of nitrogens with one attached hydrogen (secondary N) is 1. The second kappa shape index (κ2) is 8.34. The smallest absolute Gasteiger partial charge is 0.227 e. The van der Waals surface area contributed by atoms with Gasteiger partial charge in [0.25, 0.3) is 0 Å². The molecule has 0 bridgehead atoms. The van der Waals surface area contributed by atoms with Crippen molar-refractivity contribution in [2.24, 2.45) is 0 Å². The van der Waals surface area contributed by atoms with Crippen LogP contribution in [0.25, 0.3) is 0 Å². The first-order chi connectivity index (χ1) is 7.43. The summed E-state index contributed by atoms with van der Waals surface area (Å²) in [5.41, 5.74) is 0. The normalized spacial score (nSPS) is 10.7. The summed E-state index contributed by atoms with van der Waals surface area (Å²) in [5.74, 6) is 0.655. The topological polar surface area (TPSA) is 69.4 Å². The van der Waals surface area contributed by atoms with E-state index in [4.69, 9.17) is 14.0 Å². The van der Waals surface area contributed by atoms with Crippen LogP contribution in [0.15, 0.2) is 10.9 Å². The first-order valence-electron chi connectivity index (χ1n) is 4.96. The van der Waals surface area contributed by atoms with E-state index in [1.807, 2.05) is 0 Å². The molecule has 0 amide bonds. The van der Waals surface area contributed by atoms with Gasteiger partial charge in [-0.25, -0.2) is 0 Å². The maximum absolute atomic E-state index is 5.27. The summed E-state index contributed by atoms with van der Waals surface area (Å²) in [7, 11) is 1.66. The average molecular weight is 215 g/mol. The van der Waals surface area contributed by atoms with Crippen LogP contribution in [-0.4, -0.2) is 50.2 Å². The van der Waals surface area contributed by atoms with E-state index in [1.54, 1.807) is 7.11 Å². The molecule has 0 aliphatic heterocycles. The summed E-state index contributed by atoms with van der Waals surface area (Å²) >= 11 is 0. The fourth-order valence-corrected chi connectivity index (χ4v) is 1.02. The van der Waals surface area contributed by atoms with Crippen LogP contribution in [0.3, 0.4) is 0 Å². The first-order valence-corrected chi connectivity index (χ1v) is 4.96. The number of methoxy groups -OCH3 is 1. The lowest BCUT2D eigenvalue weighted by Gasteiger charge is -2.04. The molecule has 0 aromatic carbocycles. The van der Waals surface area contributed by atoms with E-state index >= 15 is 0 Å². The molecule has 6 heteroatoms. The molecule has 86 valence electrons. The Kier molecular flexibility index (Phi) is 6.72. The number of aromatic nitrogens is 2. The van der Waals surface area contributed by atoms with Crippen LogP contribution in [0.2, 0.25) is 0 Å². The number of hydrogen-bond donors (Lipinski definition) is 1. The quantitative estimate of drug-likeness (QED) is 0.578. The van der Waals surface area contributed by atoms with Crippen molar-refractivity contribution in [1.82, 2.24) is 15.5 Å². The van der Waals surface area contributed by atoms with Gasteiger partial charge in [0.1, 0.15) is 0 Å². The minimum absolute atomic E-state index is 0.641. The number of hydrogen-bond acceptors (Lipinski definition) is 6. The minimum Gasteiger partial charge on any atom is -0.382 e. The van der Waals surface area contributed by atoms with Crippen molar-refractivity contribution in [2.75, 3.05) is 40.0 Å². The summed E-state index contributed by atoms with van der Waals surface area (Å²) in [4.78, 5) is 3.91. The zero-order valence-electron chi connectivity index (χ0n) is 8.94. The average Bonchev–Trinajstić information content (AvgIpc) is 2.75. The monoisotopic (exact) mass is 215 g/mol. The van der Waals surface area contributed by atoms with Crippen molar-refractivity contribution in [3.05, 3.63) is 12.2 Å². The molecule has 1 aromatic heterocycles. The van der Waals surface area contributed by atoms with Crippen LogP contribution in [0, 0.1) is 0 Å². The predicted molar refractivity (Wildman–Crippen MR) is 53.6 cm³/mol. The number of rotatable bonds is 9. The molecule has 1 N–H and O–H groups in total. The SMILES string of the molecule is COCCOCCNCCc1ncno1. The van der Waals surface area contributed by atoms with Gasteiger partial charge in [-0.1, -0.05) is 5.16 Å². The van der Waals surface area contributed by atoms with E-state index in [1.165, 1.54) is 6.33 Å². The van der Waals surface area contributed by atoms with E-state index in [0.717, 1.165) is 19.5 Å². The van der Waals surface area contributed by atoms with Gasteiger partial charge in [-0.05, 0) is 0 Å². The van der Waals surface area contributed by atoms with E-state index < -0.39 is 0 Å². The van der Waals surface area contributed by atoms with E-state index in [9.17, 15) is 0 Å². The van der Waals surface area contributed by atoms with Crippen LogP contribution in [0.5, 0.6) is 0 Å². The Hall–Kier alpha value is -0.980. The van der Waals surface area contributed by atoms with Crippen molar-refractivity contribution in [1.29, 1.82) is 0 Å². The fraction of sp³-hybridized carbons (Fsp3) is 0.778. The van der Waals surface area contributed by atoms with E-state index in [0.29, 0.717) is 25.7 Å². The fourth-order valence-electron chi connectivity index (χ4n) is 1.02. The Morgan fingerprint density at radius 1 is 1.33 bits per heavy atom. The highest BCUT2D eigenvalue weighted by Crippen LogP contribution is 1.89. The van der Waals surface area contributed by atoms with Crippen LogP contribution in [-0.2, 0) is 15.9 Å². The molecule has 0 aliphatic rings. The third-order valence-electron chi connectivity index (χ3n) is 1.78. The maximum Gasteiger partial charge on any atom is 0.227 e. The highest BCUT2D eigenvalue weighted by molar-refractivity contribution is 4.74. The Labute approximate surface area is 88.9 Å². The van der Waals surface area contributed by atoms with Gasteiger partial charge in [0.15, 0.2) is 6.33 Å². The summed E-state index contributed by atoms with van der Waals surface area (Å²) in [6.07, 6.45) is 2.15. The van der Waals surface area contributed by atoms with E-state index in [2.05, 4.69) is 15.5 Å². The summed E-state index contributed by atoms with van der Waals surface area (Å²) in [6.45, 7) is 3.60. The molecule has 6 nitrogen and oxygen atoms in total. The van der Waals surface area contributed by atoms with Gasteiger partial charge in [0.2, 0.25) is 5.89 Å². The Morgan fingerprint density at radius 3 is 3.00 bits per heavy atom. The summed E-state index contributed by atoms with van der Waals surface area (Å²) < 4.78 is 15.0. The van der Waals surface area contributed by atoms with Gasteiger partial charge >= 0.3 is 0 Å². The molecule has 1 heterocycles. The minimum atomic E-state index is 0.641. The zero-order valence-corrected chi connectivity index (χ0v) is 8.94. The second-order valence-corrected chi connectivity index (χ2v) is 2.94. The molecule has 0 unspecified atom stereocenters. The predicted octanol–water partition coefficient (Wildman–Crippen LogP) is -0.135. The molecular formula is C9H17N3O3. The lowest BCUT2D eigenvalue weighted by molar-refractivity contribution is 0.0720. The van der Waals surface area contributed by atoms with Gasteiger partial charge < -0.3 is 19.3 Å². The molecule has 0 saturated carbocycles. The molecule has 15 heavy (non-hydrogen) atoms. The molecule has 0 spiro atoms. The molecule has 1 aromatic rings. The van der Waals surface area contributed by atoms with Gasteiger partial charge in [0, 0.05) is 26.6 Å². The van der Waals surface area contributed by atoms with Crippen LogP contribution in [0.1, 0.15) is 5.89 Å². The van der Waals surface area contributed by atoms with Crippen molar-refractivity contribution in [2.45, 2.75) is 6.42 Å².